The highest BCUT2D eigenvalue weighted by Gasteiger charge is 2.04. The largest absolute Gasteiger partial charge is 0.386 e. The highest BCUT2D eigenvalue weighted by Crippen LogP contribution is 2.05. The minimum Gasteiger partial charge on any atom is -0.386 e. The van der Waals surface area contributed by atoms with Crippen molar-refractivity contribution in [3.63, 3.8) is 0 Å². The van der Waals surface area contributed by atoms with Gasteiger partial charge in [-0.1, -0.05) is 37.1 Å². The maximum Gasteiger partial charge on any atom is 0.224 e. The molecule has 9 heteroatoms. The Morgan fingerprint density at radius 1 is 0.967 bits per heavy atom. The lowest BCUT2D eigenvalue weighted by Gasteiger charge is -2.08. The van der Waals surface area contributed by atoms with Gasteiger partial charge in [0.25, 0.3) is 0 Å². The zero-order valence-electron chi connectivity index (χ0n) is 17.7. The highest BCUT2D eigenvalue weighted by atomic mass is 35.5. The summed E-state index contributed by atoms with van der Waals surface area (Å²) < 4.78 is 11.0. The monoisotopic (exact) mass is 439 g/mol. The first kappa shape index (κ1) is 25.9. The van der Waals surface area contributed by atoms with E-state index in [9.17, 15) is 4.79 Å². The second kappa shape index (κ2) is 16.6. The van der Waals surface area contributed by atoms with Crippen LogP contribution in [0.15, 0.2) is 34.5 Å². The van der Waals surface area contributed by atoms with E-state index in [0.29, 0.717) is 32.2 Å². The molecular weight excluding hydrogens is 406 g/mol. The quantitative estimate of drug-likeness (QED) is 0.120. The zero-order valence-corrected chi connectivity index (χ0v) is 18.5. The Labute approximate surface area is 184 Å². The normalized spacial score (nSPS) is 12.2. The van der Waals surface area contributed by atoms with Crippen LogP contribution < -0.4 is 16.8 Å². The molecule has 0 aromatic heterocycles. The number of carbonyl (C=O) groups is 1. The van der Waals surface area contributed by atoms with E-state index >= 15 is 0 Å². The van der Waals surface area contributed by atoms with Gasteiger partial charge >= 0.3 is 0 Å². The number of hydrogen-bond donors (Lipinski definition) is 3. The van der Waals surface area contributed by atoms with Gasteiger partial charge in [0.15, 0.2) is 5.84 Å². The van der Waals surface area contributed by atoms with E-state index in [1.165, 1.54) is 0 Å². The molecule has 0 saturated heterocycles. The summed E-state index contributed by atoms with van der Waals surface area (Å²) >= 11 is 5.63. The summed E-state index contributed by atoms with van der Waals surface area (Å²) in [5.74, 6) is 1.26. The van der Waals surface area contributed by atoms with Crippen LogP contribution >= 0.6 is 11.6 Å². The van der Waals surface area contributed by atoms with Crippen molar-refractivity contribution < 1.29 is 14.3 Å². The standard InChI is InChI=1S/C21H34ClN5O3/c1-17(23)26-27-21(24)19-8-6-18(7-9-19)16-20(28)25-11-13-30-15-14-29-12-5-3-2-4-10-22/h6-9H,2-5,10-16H2,1H3,(H2,23,26)(H2,24,27)(H,25,28). The fourth-order valence-electron chi connectivity index (χ4n) is 2.47. The average molecular weight is 440 g/mol. The summed E-state index contributed by atoms with van der Waals surface area (Å²) in [4.78, 5) is 12.0. The lowest BCUT2D eigenvalue weighted by molar-refractivity contribution is -0.120. The number of rotatable bonds is 16. The Balaban J connectivity index is 2.10. The van der Waals surface area contributed by atoms with E-state index < -0.39 is 0 Å². The van der Waals surface area contributed by atoms with Crippen molar-refractivity contribution in [1.82, 2.24) is 5.32 Å². The van der Waals surface area contributed by atoms with Crippen molar-refractivity contribution in [3.8, 4) is 0 Å². The molecule has 1 aromatic carbocycles. The predicted molar refractivity (Wildman–Crippen MR) is 122 cm³/mol. The summed E-state index contributed by atoms with van der Waals surface area (Å²) in [5, 5.41) is 10.4. The van der Waals surface area contributed by atoms with E-state index in [1.54, 1.807) is 19.1 Å². The fourth-order valence-corrected chi connectivity index (χ4v) is 2.66. The number of nitrogens with two attached hydrogens (primary N) is 2. The lowest BCUT2D eigenvalue weighted by Crippen LogP contribution is -2.29. The van der Waals surface area contributed by atoms with Crippen LogP contribution in [0.25, 0.3) is 0 Å². The third kappa shape index (κ3) is 13.1. The van der Waals surface area contributed by atoms with E-state index in [0.717, 1.165) is 49.3 Å². The van der Waals surface area contributed by atoms with E-state index in [4.69, 9.17) is 32.5 Å². The Morgan fingerprint density at radius 2 is 1.63 bits per heavy atom. The molecule has 0 aliphatic carbocycles. The molecule has 0 saturated carbocycles. The molecule has 30 heavy (non-hydrogen) atoms. The molecule has 0 bridgehead atoms. The maximum atomic E-state index is 12.0. The van der Waals surface area contributed by atoms with Gasteiger partial charge in [0.05, 0.1) is 26.2 Å². The number of halogens is 1. The smallest absolute Gasteiger partial charge is 0.224 e. The number of benzene rings is 1. The molecule has 1 aromatic rings. The Morgan fingerprint density at radius 3 is 2.30 bits per heavy atom. The van der Waals surface area contributed by atoms with Gasteiger partial charge in [-0.25, -0.2) is 0 Å². The number of alkyl halides is 1. The first-order valence-corrected chi connectivity index (χ1v) is 10.8. The number of nitrogens with zero attached hydrogens (tertiary/aromatic N) is 2. The third-order valence-corrected chi connectivity index (χ3v) is 4.31. The van der Waals surface area contributed by atoms with Crippen molar-refractivity contribution in [1.29, 1.82) is 0 Å². The van der Waals surface area contributed by atoms with E-state index in [-0.39, 0.29) is 18.2 Å². The topological polar surface area (TPSA) is 124 Å². The summed E-state index contributed by atoms with van der Waals surface area (Å²) in [7, 11) is 0. The maximum absolute atomic E-state index is 12.0. The lowest BCUT2D eigenvalue weighted by atomic mass is 10.1. The summed E-state index contributed by atoms with van der Waals surface area (Å²) in [5.41, 5.74) is 12.9. The van der Waals surface area contributed by atoms with Crippen LogP contribution in [-0.2, 0) is 20.7 Å². The van der Waals surface area contributed by atoms with Crippen LogP contribution in [0, 0.1) is 0 Å². The fraction of sp³-hybridized carbons (Fsp3) is 0.571. The Hall–Kier alpha value is -2.16. The first-order chi connectivity index (χ1) is 14.5. The number of amides is 1. The Bertz CT molecular complexity index is 661. The second-order valence-electron chi connectivity index (χ2n) is 6.78. The molecule has 0 unspecified atom stereocenters. The summed E-state index contributed by atoms with van der Waals surface area (Å²) in [6.45, 7) is 4.39. The molecule has 5 N–H and O–H groups in total. The SMILES string of the molecule is C/C(N)=N/N=C(\N)c1ccc(CC(=O)NCCOCCOCCCCCCCl)cc1. The van der Waals surface area contributed by atoms with Crippen LogP contribution in [0.1, 0.15) is 43.7 Å². The number of carbonyl (C=O) groups excluding carboxylic acids is 1. The van der Waals surface area contributed by atoms with Gasteiger partial charge in [0.2, 0.25) is 5.91 Å². The van der Waals surface area contributed by atoms with Gasteiger partial charge in [-0.05, 0) is 25.3 Å². The zero-order chi connectivity index (χ0) is 22.0. The van der Waals surface area contributed by atoms with E-state index in [1.807, 2.05) is 12.1 Å². The molecule has 0 aliphatic rings. The molecule has 0 aliphatic heterocycles. The molecule has 0 heterocycles. The van der Waals surface area contributed by atoms with Gasteiger partial charge in [0, 0.05) is 24.6 Å². The van der Waals surface area contributed by atoms with Gasteiger partial charge < -0.3 is 26.3 Å². The molecular formula is C21H34ClN5O3. The number of hydrogen-bond acceptors (Lipinski definition) is 5. The van der Waals surface area contributed by atoms with Crippen molar-refractivity contribution in [2.24, 2.45) is 21.7 Å². The molecule has 0 radical (unpaired) electrons. The molecule has 0 atom stereocenters. The van der Waals surface area contributed by atoms with Gasteiger partial charge in [-0.2, -0.15) is 0 Å². The van der Waals surface area contributed by atoms with E-state index in [2.05, 4.69) is 15.5 Å². The van der Waals surface area contributed by atoms with Gasteiger partial charge in [0.1, 0.15) is 5.84 Å². The van der Waals surface area contributed by atoms with Crippen molar-refractivity contribution in [2.75, 3.05) is 38.9 Å². The molecule has 1 amide bonds. The van der Waals surface area contributed by atoms with Crippen LogP contribution in [0.4, 0.5) is 0 Å². The minimum atomic E-state index is -0.0652. The Kier molecular flexibility index (Phi) is 14.3. The van der Waals surface area contributed by atoms with Crippen LogP contribution in [0.2, 0.25) is 0 Å². The first-order valence-electron chi connectivity index (χ1n) is 10.2. The summed E-state index contributed by atoms with van der Waals surface area (Å²) in [6.07, 6.45) is 4.69. The molecule has 0 spiro atoms. The van der Waals surface area contributed by atoms with Crippen molar-refractivity contribution in [2.45, 2.75) is 39.0 Å². The van der Waals surface area contributed by atoms with Crippen LogP contribution in [0.5, 0.6) is 0 Å². The van der Waals surface area contributed by atoms with Crippen LogP contribution in [-0.4, -0.2) is 56.4 Å². The number of nitrogens with one attached hydrogen (secondary N) is 1. The van der Waals surface area contributed by atoms with Crippen molar-refractivity contribution in [3.05, 3.63) is 35.4 Å². The summed E-state index contributed by atoms with van der Waals surface area (Å²) in [6, 6.07) is 7.26. The van der Waals surface area contributed by atoms with Gasteiger partial charge in [-0.3, -0.25) is 4.79 Å². The third-order valence-electron chi connectivity index (χ3n) is 4.04. The molecule has 168 valence electrons. The average Bonchev–Trinajstić information content (AvgIpc) is 2.73. The van der Waals surface area contributed by atoms with Crippen molar-refractivity contribution >= 4 is 29.2 Å². The number of unbranched alkanes of at least 4 members (excludes halogenated alkanes) is 3. The second-order valence-corrected chi connectivity index (χ2v) is 7.16. The predicted octanol–water partition coefficient (Wildman–Crippen LogP) is 2.18. The molecule has 0 fully saturated rings. The minimum absolute atomic E-state index is 0.0652. The highest BCUT2D eigenvalue weighted by molar-refractivity contribution is 6.17. The number of amidine groups is 2. The molecule has 8 nitrogen and oxygen atoms in total. The van der Waals surface area contributed by atoms with Gasteiger partial charge in [-0.15, -0.1) is 21.8 Å². The molecule has 1 rings (SSSR count). The van der Waals surface area contributed by atoms with Crippen LogP contribution in [0.3, 0.4) is 0 Å². The number of ether oxygens (including phenoxy) is 2.